The van der Waals surface area contributed by atoms with Crippen LogP contribution in [0, 0.1) is 10.1 Å². The molecule has 0 unspecified atom stereocenters. The molecule has 0 atom stereocenters. The average Bonchev–Trinajstić information content (AvgIpc) is 3.43. The van der Waals surface area contributed by atoms with Crippen LogP contribution >= 0.6 is 0 Å². The summed E-state index contributed by atoms with van der Waals surface area (Å²) in [7, 11) is -2.84. The first-order valence-corrected chi connectivity index (χ1v) is 17.6. The fourth-order valence-electron chi connectivity index (χ4n) is 5.97. The molecule has 0 fully saturated rings. The van der Waals surface area contributed by atoms with E-state index in [1.54, 1.807) is 24.3 Å². The molecular weight excluding hydrogens is 595 g/mol. The van der Waals surface area contributed by atoms with Crippen molar-refractivity contribution in [2.75, 3.05) is 13.2 Å². The van der Waals surface area contributed by atoms with Gasteiger partial charge in [-0.2, -0.15) is 0 Å². The van der Waals surface area contributed by atoms with Gasteiger partial charge in [-0.15, -0.1) is 0 Å². The number of fused-ring (bicyclic) bond motifs is 1. The molecule has 1 heterocycles. The molecule has 5 rings (SSSR count). The van der Waals surface area contributed by atoms with Crippen LogP contribution in [0.5, 0.6) is 5.75 Å². The Bertz CT molecular complexity index is 1830. The van der Waals surface area contributed by atoms with Gasteiger partial charge in [0.05, 0.1) is 19.8 Å². The first-order valence-electron chi connectivity index (χ1n) is 16.6. The number of nitro benzene ring substituents is 1. The lowest BCUT2D eigenvalue weighted by Crippen LogP contribution is -2.66. The maximum atomic E-state index is 13.8. The summed E-state index contributed by atoms with van der Waals surface area (Å²) in [6.07, 6.45) is 2.20. The Labute approximate surface area is 274 Å². The molecule has 0 radical (unpaired) electrons. The number of nitrogens with zero attached hydrogens (tertiary/aromatic N) is 1. The first-order chi connectivity index (χ1) is 22.9. The van der Waals surface area contributed by atoms with Crippen molar-refractivity contribution in [3.63, 3.8) is 0 Å². The number of ether oxygens (including phenoxy) is 1. The number of ketones is 1. The third kappa shape index (κ3) is 6.83. The van der Waals surface area contributed by atoms with E-state index >= 15 is 0 Å². The van der Waals surface area contributed by atoms with Crippen LogP contribution in [0.15, 0.2) is 108 Å². The van der Waals surface area contributed by atoms with E-state index in [2.05, 4.69) is 45.0 Å². The van der Waals surface area contributed by atoms with Gasteiger partial charge < -0.3 is 13.6 Å². The second kappa shape index (κ2) is 14.3. The van der Waals surface area contributed by atoms with Gasteiger partial charge in [0.1, 0.15) is 17.1 Å². The van der Waals surface area contributed by atoms with Crippen molar-refractivity contribution in [3.05, 3.63) is 130 Å². The van der Waals surface area contributed by atoms with E-state index in [4.69, 9.17) is 16.3 Å². The molecule has 1 aromatic heterocycles. The third-order valence-corrected chi connectivity index (χ3v) is 13.2. The second-order valence-electron chi connectivity index (χ2n) is 12.3. The summed E-state index contributed by atoms with van der Waals surface area (Å²) >= 11 is 0. The highest BCUT2D eigenvalue weighted by Gasteiger charge is 2.49. The summed E-state index contributed by atoms with van der Waals surface area (Å²) in [5.74, 6) is 0.435. The molecule has 0 N–H and O–H groups in total. The zero-order chi connectivity index (χ0) is 34.5. The largest absolute Gasteiger partial charge is 0.494 e. The number of benzene rings is 4. The van der Waals surface area contributed by atoms with Crippen molar-refractivity contribution in [2.24, 2.45) is 0 Å². The normalized spacial score (nSPS) is 12.9. The summed E-state index contributed by atoms with van der Waals surface area (Å²) in [5.41, 5.74) is 0.948. The molecule has 0 aliphatic heterocycles. The first kappa shape index (κ1) is 30.1. The number of carbonyl (C=O) groups excluding carboxylic acids is 1. The predicted molar refractivity (Wildman–Crippen MR) is 185 cm³/mol. The molecule has 0 aliphatic carbocycles. The van der Waals surface area contributed by atoms with Gasteiger partial charge in [0.15, 0.2) is 5.78 Å². The molecule has 0 saturated carbocycles. The highest BCUT2D eigenvalue weighted by molar-refractivity contribution is 6.99. The Morgan fingerprint density at radius 2 is 1.54 bits per heavy atom. The minimum Gasteiger partial charge on any atom is -0.494 e. The Balaban J connectivity index is 1.34. The lowest BCUT2D eigenvalue weighted by atomic mass is 9.98. The van der Waals surface area contributed by atoms with E-state index in [-0.39, 0.29) is 35.3 Å². The SMILES string of the molecule is [2H]C([2H])(CCO[Si](c1ccccc1)(c1ccccc1)C(C)(C)C)Oc1ccc(C(=O)c2c(CCCC)oc3ccc([N+](=O)[O-])cc23)cc1. The zero-order valence-corrected chi connectivity index (χ0v) is 27.7. The Morgan fingerprint density at radius 3 is 2.11 bits per heavy atom. The predicted octanol–water partition coefficient (Wildman–Crippen LogP) is 8.26. The number of unbranched alkanes of at least 4 members (excludes halogenated alkanes) is 1. The lowest BCUT2D eigenvalue weighted by Gasteiger charge is -2.43. The van der Waals surface area contributed by atoms with E-state index in [1.807, 2.05) is 43.3 Å². The van der Waals surface area contributed by atoms with Crippen molar-refractivity contribution >= 4 is 41.1 Å². The number of rotatable bonds is 14. The summed E-state index contributed by atoms with van der Waals surface area (Å²) in [5, 5.41) is 13.8. The Kier molecular flexibility index (Phi) is 9.35. The molecule has 46 heavy (non-hydrogen) atoms. The van der Waals surface area contributed by atoms with Gasteiger partial charge in [-0.3, -0.25) is 14.9 Å². The molecular formula is C38H41NO6Si. The molecule has 7 nitrogen and oxygen atoms in total. The van der Waals surface area contributed by atoms with Gasteiger partial charge in [-0.1, -0.05) is 94.8 Å². The number of aryl methyl sites for hydroxylation is 1. The van der Waals surface area contributed by atoms with Gasteiger partial charge in [-0.25, -0.2) is 0 Å². The van der Waals surface area contributed by atoms with Crippen LogP contribution in [0.1, 0.15) is 71.4 Å². The number of nitro groups is 1. The zero-order valence-electron chi connectivity index (χ0n) is 28.7. The van der Waals surface area contributed by atoms with Crippen LogP contribution in [0.2, 0.25) is 5.04 Å². The average molecular weight is 638 g/mol. The molecule has 0 spiro atoms. The van der Waals surface area contributed by atoms with Gasteiger partial charge in [0.25, 0.3) is 14.0 Å². The minimum absolute atomic E-state index is 0.0151. The molecule has 5 aromatic rings. The quantitative estimate of drug-likeness (QED) is 0.0527. The molecule has 0 bridgehead atoms. The smallest absolute Gasteiger partial charge is 0.270 e. The van der Waals surface area contributed by atoms with E-state index in [9.17, 15) is 14.9 Å². The maximum Gasteiger partial charge on any atom is 0.270 e. The summed E-state index contributed by atoms with van der Waals surface area (Å²) in [6, 6.07) is 30.9. The van der Waals surface area contributed by atoms with Crippen LogP contribution in [0.4, 0.5) is 5.69 Å². The van der Waals surface area contributed by atoms with Crippen LogP contribution < -0.4 is 15.1 Å². The van der Waals surface area contributed by atoms with Crippen molar-refractivity contribution in [1.29, 1.82) is 0 Å². The van der Waals surface area contributed by atoms with Crippen molar-refractivity contribution < 1.29 is 26.0 Å². The van der Waals surface area contributed by atoms with E-state index < -0.39 is 19.8 Å². The van der Waals surface area contributed by atoms with Crippen molar-refractivity contribution in [2.45, 2.75) is 58.4 Å². The fraction of sp³-hybridized carbons (Fsp3) is 0.289. The second-order valence-corrected chi connectivity index (χ2v) is 16.6. The van der Waals surface area contributed by atoms with E-state index in [0.717, 1.165) is 23.2 Å². The molecule has 0 saturated heterocycles. The molecule has 8 heteroatoms. The van der Waals surface area contributed by atoms with Gasteiger partial charge >= 0.3 is 0 Å². The number of non-ortho nitro benzene ring substituents is 1. The molecule has 0 aliphatic rings. The topological polar surface area (TPSA) is 91.8 Å². The van der Waals surface area contributed by atoms with Gasteiger partial charge in [0, 0.05) is 42.5 Å². The molecule has 0 amide bonds. The van der Waals surface area contributed by atoms with Gasteiger partial charge in [0.2, 0.25) is 0 Å². The van der Waals surface area contributed by atoms with Crippen LogP contribution in [0.25, 0.3) is 11.0 Å². The number of hydrogen-bond acceptors (Lipinski definition) is 6. The highest BCUT2D eigenvalue weighted by Crippen LogP contribution is 2.37. The lowest BCUT2D eigenvalue weighted by molar-refractivity contribution is -0.384. The van der Waals surface area contributed by atoms with Crippen LogP contribution in [0.3, 0.4) is 0 Å². The van der Waals surface area contributed by atoms with Crippen LogP contribution in [-0.2, 0) is 10.8 Å². The highest BCUT2D eigenvalue weighted by atomic mass is 28.4. The van der Waals surface area contributed by atoms with Crippen molar-refractivity contribution in [1.82, 2.24) is 0 Å². The standard InChI is InChI=1S/C38H41NO6Si/c1-5-6-18-35-36(33-27-29(39(41)42)21-24-34(33)45-35)37(40)28-19-22-30(23-20-28)43-25-13-26-44-46(38(2,3)4,31-14-9-7-10-15-31)32-16-11-8-12-17-32/h7-12,14-17,19-24,27H,5-6,13,18,25-26H2,1-4H3/i25D2. The number of furan rings is 1. The Morgan fingerprint density at radius 1 is 0.913 bits per heavy atom. The maximum absolute atomic E-state index is 13.8. The summed E-state index contributed by atoms with van der Waals surface area (Å²) in [4.78, 5) is 24.7. The monoisotopic (exact) mass is 637 g/mol. The number of carbonyl (C=O) groups is 1. The van der Waals surface area contributed by atoms with Crippen molar-refractivity contribution in [3.8, 4) is 5.75 Å². The van der Waals surface area contributed by atoms with Gasteiger partial charge in [-0.05, 0) is 52.2 Å². The summed E-state index contributed by atoms with van der Waals surface area (Å²) in [6.45, 7) is 6.64. The molecule has 238 valence electrons. The fourth-order valence-corrected chi connectivity index (χ4v) is 10.5. The van der Waals surface area contributed by atoms with E-state index in [0.29, 0.717) is 34.3 Å². The third-order valence-electron chi connectivity index (χ3n) is 8.19. The minimum atomic E-state index is -2.84. The Hall–Kier alpha value is -4.53. The number of hydrogen-bond donors (Lipinski definition) is 0. The van der Waals surface area contributed by atoms with Crippen LogP contribution in [-0.4, -0.2) is 32.2 Å². The summed E-state index contributed by atoms with van der Waals surface area (Å²) < 4.78 is 36.0. The van der Waals surface area contributed by atoms with E-state index in [1.165, 1.54) is 18.2 Å². The molecule has 4 aromatic carbocycles.